The van der Waals surface area contributed by atoms with Gasteiger partial charge in [0, 0.05) is 24.9 Å². The molecule has 3 heteroatoms. The van der Waals surface area contributed by atoms with Crippen LogP contribution in [0.25, 0.3) is 0 Å². The van der Waals surface area contributed by atoms with Gasteiger partial charge in [0.25, 0.3) is 0 Å². The SMILES string of the molecule is CC1CC(C)C(C)N(C(=O)CCCCl)C1. The first-order valence-corrected chi connectivity index (χ1v) is 6.45. The van der Waals surface area contributed by atoms with Crippen molar-refractivity contribution in [3.05, 3.63) is 0 Å². The molecule has 2 nitrogen and oxygen atoms in total. The topological polar surface area (TPSA) is 20.3 Å². The fourth-order valence-electron chi connectivity index (χ4n) is 2.41. The summed E-state index contributed by atoms with van der Waals surface area (Å²) in [6.45, 7) is 7.55. The van der Waals surface area contributed by atoms with Crippen LogP contribution in [0.2, 0.25) is 0 Å². The second-order valence-corrected chi connectivity index (χ2v) is 5.28. The Hall–Kier alpha value is -0.240. The Kier molecular flexibility index (Phi) is 4.91. The first-order chi connectivity index (χ1) is 7.06. The molecule has 1 rings (SSSR count). The molecule has 0 saturated carbocycles. The second-order valence-electron chi connectivity index (χ2n) is 4.90. The lowest BCUT2D eigenvalue weighted by molar-refractivity contribution is -0.137. The highest BCUT2D eigenvalue weighted by Gasteiger charge is 2.31. The van der Waals surface area contributed by atoms with Crippen molar-refractivity contribution in [2.24, 2.45) is 11.8 Å². The number of likely N-dealkylation sites (tertiary alicyclic amines) is 1. The molecule has 0 radical (unpaired) electrons. The largest absolute Gasteiger partial charge is 0.339 e. The van der Waals surface area contributed by atoms with Crippen LogP contribution in [-0.4, -0.2) is 29.3 Å². The summed E-state index contributed by atoms with van der Waals surface area (Å²) in [4.78, 5) is 14.0. The van der Waals surface area contributed by atoms with Crippen molar-refractivity contribution in [2.45, 2.75) is 46.1 Å². The average Bonchev–Trinajstić information content (AvgIpc) is 2.19. The number of rotatable bonds is 3. The Morgan fingerprint density at radius 3 is 2.67 bits per heavy atom. The predicted molar refractivity (Wildman–Crippen MR) is 64.1 cm³/mol. The Morgan fingerprint density at radius 1 is 1.40 bits per heavy atom. The van der Waals surface area contributed by atoms with Crippen molar-refractivity contribution >= 4 is 17.5 Å². The van der Waals surface area contributed by atoms with Gasteiger partial charge in [-0.15, -0.1) is 11.6 Å². The molecular weight excluding hydrogens is 210 g/mol. The zero-order chi connectivity index (χ0) is 11.4. The summed E-state index contributed by atoms with van der Waals surface area (Å²) < 4.78 is 0. The standard InChI is InChI=1S/C12H22ClNO/c1-9-7-10(2)11(3)14(8-9)12(15)5-4-6-13/h9-11H,4-8H2,1-3H3. The van der Waals surface area contributed by atoms with E-state index in [0.29, 0.717) is 30.2 Å². The van der Waals surface area contributed by atoms with Crippen LogP contribution in [0.5, 0.6) is 0 Å². The quantitative estimate of drug-likeness (QED) is 0.684. The maximum absolute atomic E-state index is 11.9. The van der Waals surface area contributed by atoms with E-state index in [0.717, 1.165) is 13.0 Å². The highest BCUT2D eigenvalue weighted by atomic mass is 35.5. The van der Waals surface area contributed by atoms with Gasteiger partial charge in [-0.05, 0) is 31.6 Å². The van der Waals surface area contributed by atoms with Gasteiger partial charge in [0.2, 0.25) is 5.91 Å². The van der Waals surface area contributed by atoms with Crippen LogP contribution >= 0.6 is 11.6 Å². The van der Waals surface area contributed by atoms with E-state index >= 15 is 0 Å². The summed E-state index contributed by atoms with van der Waals surface area (Å²) in [6, 6.07) is 0.393. The van der Waals surface area contributed by atoms with Crippen molar-refractivity contribution in [2.75, 3.05) is 12.4 Å². The molecule has 0 bridgehead atoms. The molecule has 0 aromatic rings. The number of piperidine rings is 1. The van der Waals surface area contributed by atoms with Crippen LogP contribution in [0.1, 0.15) is 40.0 Å². The molecule has 1 heterocycles. The number of amides is 1. The number of alkyl halides is 1. The third-order valence-electron chi connectivity index (χ3n) is 3.44. The summed E-state index contributed by atoms with van der Waals surface area (Å²) in [5, 5.41) is 0. The lowest BCUT2D eigenvalue weighted by atomic mass is 9.86. The molecule has 0 aliphatic carbocycles. The van der Waals surface area contributed by atoms with E-state index < -0.39 is 0 Å². The lowest BCUT2D eigenvalue weighted by Crippen LogP contribution is -2.48. The number of carbonyl (C=O) groups is 1. The van der Waals surface area contributed by atoms with Gasteiger partial charge in [-0.3, -0.25) is 4.79 Å². The molecule has 0 aromatic heterocycles. The van der Waals surface area contributed by atoms with E-state index in [1.54, 1.807) is 0 Å². The smallest absolute Gasteiger partial charge is 0.222 e. The molecule has 0 spiro atoms. The van der Waals surface area contributed by atoms with E-state index in [9.17, 15) is 4.79 Å². The normalized spacial score (nSPS) is 31.7. The molecular formula is C12H22ClNO. The van der Waals surface area contributed by atoms with Gasteiger partial charge in [-0.25, -0.2) is 0 Å². The second kappa shape index (κ2) is 5.74. The van der Waals surface area contributed by atoms with Crippen LogP contribution in [0.15, 0.2) is 0 Å². The van der Waals surface area contributed by atoms with Gasteiger partial charge in [-0.1, -0.05) is 13.8 Å². The number of carbonyl (C=O) groups excluding carboxylic acids is 1. The Balaban J connectivity index is 2.54. The number of nitrogens with zero attached hydrogens (tertiary/aromatic N) is 1. The highest BCUT2D eigenvalue weighted by molar-refractivity contribution is 6.17. The molecule has 3 atom stereocenters. The summed E-state index contributed by atoms with van der Waals surface area (Å²) in [5.74, 6) is 2.12. The molecule has 3 unspecified atom stereocenters. The third-order valence-corrected chi connectivity index (χ3v) is 3.71. The van der Waals surface area contributed by atoms with Crippen molar-refractivity contribution < 1.29 is 4.79 Å². The van der Waals surface area contributed by atoms with Gasteiger partial charge >= 0.3 is 0 Å². The summed E-state index contributed by atoms with van der Waals surface area (Å²) in [7, 11) is 0. The lowest BCUT2D eigenvalue weighted by Gasteiger charge is -2.41. The molecule has 15 heavy (non-hydrogen) atoms. The first-order valence-electron chi connectivity index (χ1n) is 5.91. The van der Waals surface area contributed by atoms with Gasteiger partial charge in [0.1, 0.15) is 0 Å². The zero-order valence-corrected chi connectivity index (χ0v) is 10.8. The maximum Gasteiger partial charge on any atom is 0.222 e. The van der Waals surface area contributed by atoms with Crippen LogP contribution < -0.4 is 0 Å². The molecule has 1 amide bonds. The van der Waals surface area contributed by atoms with Crippen molar-refractivity contribution in [3.8, 4) is 0 Å². The average molecular weight is 232 g/mol. The number of hydrogen-bond acceptors (Lipinski definition) is 1. The molecule has 1 saturated heterocycles. The summed E-state index contributed by atoms with van der Waals surface area (Å²) in [5.41, 5.74) is 0. The molecule has 0 N–H and O–H groups in total. The Bertz CT molecular complexity index is 220. The van der Waals surface area contributed by atoms with Crippen LogP contribution in [0.3, 0.4) is 0 Å². The third kappa shape index (κ3) is 3.37. The molecule has 0 aromatic carbocycles. The summed E-state index contributed by atoms with van der Waals surface area (Å²) >= 11 is 5.61. The zero-order valence-electron chi connectivity index (χ0n) is 10.0. The Morgan fingerprint density at radius 2 is 2.07 bits per heavy atom. The van der Waals surface area contributed by atoms with Gasteiger partial charge in [0.05, 0.1) is 0 Å². The van der Waals surface area contributed by atoms with E-state index in [2.05, 4.69) is 20.8 Å². The van der Waals surface area contributed by atoms with Gasteiger partial charge < -0.3 is 4.90 Å². The predicted octanol–water partition coefficient (Wildman–Crippen LogP) is 2.90. The minimum Gasteiger partial charge on any atom is -0.339 e. The van der Waals surface area contributed by atoms with Crippen molar-refractivity contribution in [1.29, 1.82) is 0 Å². The van der Waals surface area contributed by atoms with E-state index in [-0.39, 0.29) is 5.91 Å². The molecule has 1 aliphatic rings. The van der Waals surface area contributed by atoms with Crippen LogP contribution in [0, 0.1) is 11.8 Å². The summed E-state index contributed by atoms with van der Waals surface area (Å²) in [6.07, 6.45) is 2.64. The molecule has 88 valence electrons. The fraction of sp³-hybridized carbons (Fsp3) is 0.917. The Labute approximate surface area is 98.0 Å². The molecule has 1 aliphatic heterocycles. The highest BCUT2D eigenvalue weighted by Crippen LogP contribution is 2.27. The number of hydrogen-bond donors (Lipinski definition) is 0. The fourth-order valence-corrected chi connectivity index (χ4v) is 2.54. The first kappa shape index (κ1) is 12.8. The maximum atomic E-state index is 11.9. The van der Waals surface area contributed by atoms with Crippen molar-refractivity contribution in [3.63, 3.8) is 0 Å². The van der Waals surface area contributed by atoms with Crippen LogP contribution in [-0.2, 0) is 4.79 Å². The minimum absolute atomic E-state index is 0.279. The van der Waals surface area contributed by atoms with E-state index in [4.69, 9.17) is 11.6 Å². The number of halogens is 1. The minimum atomic E-state index is 0.279. The molecule has 1 fully saturated rings. The van der Waals surface area contributed by atoms with Crippen LogP contribution in [0.4, 0.5) is 0 Å². The van der Waals surface area contributed by atoms with E-state index in [1.807, 2.05) is 4.90 Å². The monoisotopic (exact) mass is 231 g/mol. The van der Waals surface area contributed by atoms with Crippen molar-refractivity contribution in [1.82, 2.24) is 4.90 Å². The van der Waals surface area contributed by atoms with E-state index in [1.165, 1.54) is 6.42 Å². The van der Waals surface area contributed by atoms with Gasteiger partial charge in [-0.2, -0.15) is 0 Å². The van der Waals surface area contributed by atoms with Gasteiger partial charge in [0.15, 0.2) is 0 Å².